The Morgan fingerprint density at radius 1 is 0.868 bits per heavy atom. The molecule has 0 saturated carbocycles. The third-order valence-corrected chi connectivity index (χ3v) is 7.31. The number of carbonyl (C=O) groups is 3. The van der Waals surface area contributed by atoms with Crippen LogP contribution < -0.4 is 10.0 Å². The van der Waals surface area contributed by atoms with Crippen LogP contribution in [0.1, 0.15) is 58.7 Å². The second-order valence-corrected chi connectivity index (χ2v) is 10.3. The van der Waals surface area contributed by atoms with Gasteiger partial charge in [-0.2, -0.15) is 0 Å². The lowest BCUT2D eigenvalue weighted by Gasteiger charge is -2.12. The van der Waals surface area contributed by atoms with Crippen LogP contribution in [0.5, 0.6) is 0 Å². The summed E-state index contributed by atoms with van der Waals surface area (Å²) in [6.45, 7) is 4.22. The summed E-state index contributed by atoms with van der Waals surface area (Å²) < 4.78 is 32.6. The van der Waals surface area contributed by atoms with Crippen LogP contribution in [0.25, 0.3) is 0 Å². The van der Waals surface area contributed by atoms with Gasteiger partial charge in [-0.15, -0.1) is 0 Å². The number of ether oxygens (including phenoxy) is 1. The van der Waals surface area contributed by atoms with Gasteiger partial charge in [-0.1, -0.05) is 44.2 Å². The predicted molar refractivity (Wildman–Crippen MR) is 142 cm³/mol. The standard InChI is InChI=1S/C28H31N3O6S/c1-3-21(4-2)28(34)37-19-24-13-10-23(18-30-24)27(33)31-38(35,36)25-14-11-22(12-15-25)26(32)29-17-16-20-8-6-5-7-9-20/h5-15,18,21H,3-4,16-17,19H2,1-2H3,(H,29,32)(H,31,33). The second kappa shape index (κ2) is 13.5. The van der Waals surface area contributed by atoms with Crippen molar-refractivity contribution in [3.63, 3.8) is 0 Å². The number of nitrogens with zero attached hydrogens (tertiary/aromatic N) is 1. The summed E-state index contributed by atoms with van der Waals surface area (Å²) in [7, 11) is -4.18. The molecular weight excluding hydrogens is 506 g/mol. The zero-order chi connectivity index (χ0) is 27.5. The van der Waals surface area contributed by atoms with Crippen molar-refractivity contribution in [3.8, 4) is 0 Å². The van der Waals surface area contributed by atoms with Crippen molar-refractivity contribution in [3.05, 3.63) is 95.3 Å². The number of aromatic nitrogens is 1. The molecular formula is C28H31N3O6S. The summed E-state index contributed by atoms with van der Waals surface area (Å²) in [6, 6.07) is 17.9. The van der Waals surface area contributed by atoms with Crippen LogP contribution in [-0.4, -0.2) is 37.7 Å². The van der Waals surface area contributed by atoms with Gasteiger partial charge in [0.05, 0.1) is 22.1 Å². The molecule has 1 aromatic heterocycles. The lowest BCUT2D eigenvalue weighted by atomic mass is 10.0. The molecule has 38 heavy (non-hydrogen) atoms. The monoisotopic (exact) mass is 537 g/mol. The van der Waals surface area contributed by atoms with Crippen molar-refractivity contribution in [1.29, 1.82) is 0 Å². The number of hydrogen-bond acceptors (Lipinski definition) is 7. The lowest BCUT2D eigenvalue weighted by Crippen LogP contribution is -2.31. The maximum absolute atomic E-state index is 12.7. The van der Waals surface area contributed by atoms with Crippen LogP contribution in [0.2, 0.25) is 0 Å². The smallest absolute Gasteiger partial charge is 0.309 e. The summed E-state index contributed by atoms with van der Waals surface area (Å²) >= 11 is 0. The Morgan fingerprint density at radius 2 is 1.53 bits per heavy atom. The quantitative estimate of drug-likeness (QED) is 0.337. The highest BCUT2D eigenvalue weighted by Crippen LogP contribution is 2.13. The van der Waals surface area contributed by atoms with E-state index in [1.54, 1.807) is 0 Å². The third-order valence-electron chi connectivity index (χ3n) is 5.96. The molecule has 0 radical (unpaired) electrons. The molecule has 2 aromatic carbocycles. The van der Waals surface area contributed by atoms with Gasteiger partial charge in [0.1, 0.15) is 6.61 Å². The number of benzene rings is 2. The first-order valence-corrected chi connectivity index (χ1v) is 13.8. The highest BCUT2D eigenvalue weighted by molar-refractivity contribution is 7.90. The van der Waals surface area contributed by atoms with Gasteiger partial charge in [0.25, 0.3) is 21.8 Å². The molecule has 0 aliphatic carbocycles. The van der Waals surface area contributed by atoms with Gasteiger partial charge in [0.15, 0.2) is 0 Å². The first kappa shape index (κ1) is 28.5. The number of hydrogen-bond donors (Lipinski definition) is 2. The molecule has 0 fully saturated rings. The highest BCUT2D eigenvalue weighted by atomic mass is 32.2. The summed E-state index contributed by atoms with van der Waals surface area (Å²) in [5, 5.41) is 2.80. The van der Waals surface area contributed by atoms with Gasteiger partial charge < -0.3 is 10.1 Å². The van der Waals surface area contributed by atoms with E-state index in [1.807, 2.05) is 48.9 Å². The molecule has 10 heteroatoms. The topological polar surface area (TPSA) is 132 Å². The van der Waals surface area contributed by atoms with Crippen LogP contribution >= 0.6 is 0 Å². The van der Waals surface area contributed by atoms with Gasteiger partial charge in [0, 0.05) is 18.3 Å². The van der Waals surface area contributed by atoms with Crippen LogP contribution in [0, 0.1) is 5.92 Å². The summed E-state index contributed by atoms with van der Waals surface area (Å²) in [5.41, 5.74) is 1.85. The van der Waals surface area contributed by atoms with Gasteiger partial charge in [-0.05, 0) is 61.2 Å². The van der Waals surface area contributed by atoms with Crippen molar-refractivity contribution < 1.29 is 27.5 Å². The summed E-state index contributed by atoms with van der Waals surface area (Å²) in [6.07, 6.45) is 3.25. The van der Waals surface area contributed by atoms with E-state index in [9.17, 15) is 22.8 Å². The van der Waals surface area contributed by atoms with E-state index >= 15 is 0 Å². The van der Waals surface area contributed by atoms with Crippen molar-refractivity contribution in [2.45, 2.75) is 44.6 Å². The molecule has 3 aromatic rings. The van der Waals surface area contributed by atoms with E-state index < -0.39 is 15.9 Å². The number of carbonyl (C=O) groups excluding carboxylic acids is 3. The van der Waals surface area contributed by atoms with Crippen molar-refractivity contribution in [1.82, 2.24) is 15.0 Å². The maximum Gasteiger partial charge on any atom is 0.309 e. The van der Waals surface area contributed by atoms with E-state index in [0.29, 0.717) is 37.1 Å². The van der Waals surface area contributed by atoms with Gasteiger partial charge >= 0.3 is 5.97 Å². The van der Waals surface area contributed by atoms with E-state index in [4.69, 9.17) is 4.74 Å². The molecule has 9 nitrogen and oxygen atoms in total. The summed E-state index contributed by atoms with van der Waals surface area (Å²) in [4.78, 5) is 40.8. The van der Waals surface area contributed by atoms with Crippen LogP contribution in [0.4, 0.5) is 0 Å². The Balaban J connectivity index is 1.53. The Morgan fingerprint density at radius 3 is 2.13 bits per heavy atom. The number of pyridine rings is 1. The fourth-order valence-corrected chi connectivity index (χ4v) is 4.60. The first-order valence-electron chi connectivity index (χ1n) is 12.3. The average Bonchev–Trinajstić information content (AvgIpc) is 2.93. The molecule has 2 amide bonds. The molecule has 2 N–H and O–H groups in total. The number of rotatable bonds is 12. The minimum absolute atomic E-state index is 0.0260. The van der Waals surface area contributed by atoms with Crippen molar-refractivity contribution >= 4 is 27.8 Å². The van der Waals surface area contributed by atoms with E-state index in [1.165, 1.54) is 42.6 Å². The molecule has 3 rings (SSSR count). The van der Waals surface area contributed by atoms with Gasteiger partial charge in [-0.3, -0.25) is 19.4 Å². The lowest BCUT2D eigenvalue weighted by molar-refractivity contribution is -0.150. The number of sulfonamides is 1. The Kier molecular flexibility index (Phi) is 10.1. The maximum atomic E-state index is 12.7. The SMILES string of the molecule is CCC(CC)C(=O)OCc1ccc(C(=O)NS(=O)(=O)c2ccc(C(=O)NCCc3ccccc3)cc2)cn1. The Hall–Kier alpha value is -4.05. The van der Waals surface area contributed by atoms with E-state index in [-0.39, 0.29) is 34.9 Å². The van der Waals surface area contributed by atoms with E-state index in [2.05, 4.69) is 10.3 Å². The Bertz CT molecular complexity index is 1340. The summed E-state index contributed by atoms with van der Waals surface area (Å²) in [5.74, 6) is -1.67. The minimum Gasteiger partial charge on any atom is -0.459 e. The number of esters is 1. The zero-order valence-corrected chi connectivity index (χ0v) is 22.2. The molecule has 0 aliphatic heterocycles. The number of amides is 2. The first-order chi connectivity index (χ1) is 18.2. The van der Waals surface area contributed by atoms with Crippen LogP contribution in [-0.2, 0) is 32.6 Å². The van der Waals surface area contributed by atoms with E-state index in [0.717, 1.165) is 5.56 Å². The van der Waals surface area contributed by atoms with Crippen LogP contribution in [0.3, 0.4) is 0 Å². The minimum atomic E-state index is -4.18. The third kappa shape index (κ3) is 7.97. The van der Waals surface area contributed by atoms with Crippen molar-refractivity contribution in [2.75, 3.05) is 6.54 Å². The Labute approximate surface area is 222 Å². The highest BCUT2D eigenvalue weighted by Gasteiger charge is 2.20. The number of nitrogens with one attached hydrogen (secondary N) is 2. The average molecular weight is 538 g/mol. The zero-order valence-electron chi connectivity index (χ0n) is 21.3. The normalized spacial score (nSPS) is 11.1. The largest absolute Gasteiger partial charge is 0.459 e. The molecule has 0 unspecified atom stereocenters. The van der Waals surface area contributed by atoms with Gasteiger partial charge in [0.2, 0.25) is 0 Å². The molecule has 0 aliphatic rings. The molecule has 1 heterocycles. The molecule has 0 spiro atoms. The molecule has 200 valence electrons. The molecule has 0 atom stereocenters. The molecule has 0 saturated heterocycles. The second-order valence-electron chi connectivity index (χ2n) is 8.61. The van der Waals surface area contributed by atoms with Crippen LogP contribution in [0.15, 0.2) is 77.8 Å². The molecule has 0 bridgehead atoms. The van der Waals surface area contributed by atoms with Crippen molar-refractivity contribution in [2.24, 2.45) is 5.92 Å². The fourth-order valence-electron chi connectivity index (χ4n) is 3.62. The predicted octanol–water partition coefficient (Wildman–Crippen LogP) is 3.65. The fraction of sp³-hybridized carbons (Fsp3) is 0.286. The van der Waals surface area contributed by atoms with Gasteiger partial charge in [-0.25, -0.2) is 13.1 Å².